The zero-order chi connectivity index (χ0) is 13.0. The molecule has 4 nitrogen and oxygen atoms in total. The zero-order valence-electron chi connectivity index (χ0n) is 11.0. The van der Waals surface area contributed by atoms with Crippen molar-refractivity contribution in [1.29, 1.82) is 0 Å². The number of anilines is 1. The summed E-state index contributed by atoms with van der Waals surface area (Å²) in [6.07, 6.45) is 5.83. The van der Waals surface area contributed by atoms with Crippen molar-refractivity contribution < 1.29 is 4.74 Å². The van der Waals surface area contributed by atoms with Crippen LogP contribution < -0.4 is 9.64 Å². The molecule has 1 aliphatic heterocycles. The van der Waals surface area contributed by atoms with Gasteiger partial charge < -0.3 is 9.64 Å². The van der Waals surface area contributed by atoms with E-state index < -0.39 is 0 Å². The summed E-state index contributed by atoms with van der Waals surface area (Å²) >= 11 is 5.89. The minimum atomic E-state index is 0.122. The molecule has 0 atom stereocenters. The number of aromatic nitrogens is 2. The molecule has 0 radical (unpaired) electrons. The number of alkyl halides is 1. The first-order chi connectivity index (χ1) is 8.69. The maximum atomic E-state index is 5.89. The third-order valence-corrected chi connectivity index (χ3v) is 3.55. The fourth-order valence-corrected chi connectivity index (χ4v) is 2.41. The van der Waals surface area contributed by atoms with Gasteiger partial charge in [-0.15, -0.1) is 11.6 Å². The number of hydrogen-bond donors (Lipinski definition) is 0. The summed E-state index contributed by atoms with van der Waals surface area (Å²) in [6.45, 7) is 5.97. The molecule has 1 saturated heterocycles. The van der Waals surface area contributed by atoms with E-state index in [9.17, 15) is 0 Å². The standard InChI is InChI=1S/C13H20ClN3O/c1-10(2)18-13-9-15-8-12(16-13)17-5-3-11(7-14)4-6-17/h8-11H,3-7H2,1-2H3. The second kappa shape index (κ2) is 6.23. The van der Waals surface area contributed by atoms with Crippen molar-refractivity contribution in [2.75, 3.05) is 23.9 Å². The fraction of sp³-hybridized carbons (Fsp3) is 0.692. The largest absolute Gasteiger partial charge is 0.474 e. The lowest BCUT2D eigenvalue weighted by atomic mass is 9.99. The van der Waals surface area contributed by atoms with Gasteiger partial charge in [0, 0.05) is 19.0 Å². The molecule has 1 aromatic rings. The zero-order valence-corrected chi connectivity index (χ0v) is 11.7. The van der Waals surface area contributed by atoms with E-state index >= 15 is 0 Å². The van der Waals surface area contributed by atoms with E-state index in [0.717, 1.165) is 37.6 Å². The first kappa shape index (κ1) is 13.4. The summed E-state index contributed by atoms with van der Waals surface area (Å²) in [5.41, 5.74) is 0. The van der Waals surface area contributed by atoms with E-state index in [0.29, 0.717) is 11.8 Å². The van der Waals surface area contributed by atoms with Crippen molar-refractivity contribution in [1.82, 2.24) is 9.97 Å². The van der Waals surface area contributed by atoms with Gasteiger partial charge in [-0.05, 0) is 32.6 Å². The van der Waals surface area contributed by atoms with E-state index in [4.69, 9.17) is 16.3 Å². The maximum absolute atomic E-state index is 5.89. The Bertz CT molecular complexity index is 378. The highest BCUT2D eigenvalue weighted by Crippen LogP contribution is 2.23. The topological polar surface area (TPSA) is 38.2 Å². The number of piperidine rings is 1. The number of ether oxygens (including phenoxy) is 1. The molecule has 1 aliphatic rings. The Kier molecular flexibility index (Phi) is 4.64. The Labute approximate surface area is 113 Å². The normalized spacial score (nSPS) is 17.2. The molecule has 1 fully saturated rings. The number of halogens is 1. The SMILES string of the molecule is CC(C)Oc1cncc(N2CCC(CCl)CC2)n1. The molecule has 0 bridgehead atoms. The quantitative estimate of drug-likeness (QED) is 0.788. The van der Waals surface area contributed by atoms with Crippen molar-refractivity contribution in [3.8, 4) is 5.88 Å². The molecule has 2 rings (SSSR count). The molecule has 1 aromatic heterocycles. The van der Waals surface area contributed by atoms with Gasteiger partial charge in [0.05, 0.1) is 18.5 Å². The molecule has 0 amide bonds. The molecule has 0 unspecified atom stereocenters. The van der Waals surface area contributed by atoms with Crippen molar-refractivity contribution in [2.24, 2.45) is 5.92 Å². The lowest BCUT2D eigenvalue weighted by Crippen LogP contribution is -2.34. The van der Waals surface area contributed by atoms with Crippen molar-refractivity contribution in [3.63, 3.8) is 0 Å². The molecule has 0 N–H and O–H groups in total. The summed E-state index contributed by atoms with van der Waals surface area (Å²) < 4.78 is 5.57. The minimum absolute atomic E-state index is 0.122. The second-order valence-corrected chi connectivity index (χ2v) is 5.28. The van der Waals surface area contributed by atoms with Crippen LogP contribution in [-0.2, 0) is 0 Å². The van der Waals surface area contributed by atoms with Crippen LogP contribution in [0.1, 0.15) is 26.7 Å². The molecule has 0 saturated carbocycles. The van der Waals surface area contributed by atoms with Crippen LogP contribution in [0, 0.1) is 5.92 Å². The first-order valence-electron chi connectivity index (χ1n) is 6.48. The van der Waals surface area contributed by atoms with Gasteiger partial charge >= 0.3 is 0 Å². The number of nitrogens with zero attached hydrogens (tertiary/aromatic N) is 3. The van der Waals surface area contributed by atoms with Gasteiger partial charge in [0.15, 0.2) is 5.82 Å². The Balaban J connectivity index is 2.00. The van der Waals surface area contributed by atoms with Crippen LogP contribution in [0.25, 0.3) is 0 Å². The molecule has 5 heteroatoms. The van der Waals surface area contributed by atoms with Crippen molar-refractivity contribution in [2.45, 2.75) is 32.8 Å². The Morgan fingerprint density at radius 1 is 1.39 bits per heavy atom. The third-order valence-electron chi connectivity index (χ3n) is 3.11. The van der Waals surface area contributed by atoms with E-state index in [1.54, 1.807) is 12.4 Å². The van der Waals surface area contributed by atoms with Crippen molar-refractivity contribution >= 4 is 17.4 Å². The molecular formula is C13H20ClN3O. The summed E-state index contributed by atoms with van der Waals surface area (Å²) in [6, 6.07) is 0. The van der Waals surface area contributed by atoms with Gasteiger partial charge in [0.2, 0.25) is 5.88 Å². The monoisotopic (exact) mass is 269 g/mol. The van der Waals surface area contributed by atoms with Crippen LogP contribution in [0.4, 0.5) is 5.82 Å². The average Bonchev–Trinajstić information content (AvgIpc) is 2.38. The van der Waals surface area contributed by atoms with Crippen LogP contribution in [0.3, 0.4) is 0 Å². The number of rotatable bonds is 4. The van der Waals surface area contributed by atoms with Gasteiger partial charge in [-0.3, -0.25) is 4.98 Å². The Morgan fingerprint density at radius 2 is 2.11 bits per heavy atom. The molecular weight excluding hydrogens is 250 g/mol. The lowest BCUT2D eigenvalue weighted by Gasteiger charge is -2.31. The first-order valence-corrected chi connectivity index (χ1v) is 7.02. The molecule has 0 spiro atoms. The molecule has 0 aromatic carbocycles. The van der Waals surface area contributed by atoms with E-state index in [1.807, 2.05) is 13.8 Å². The highest BCUT2D eigenvalue weighted by atomic mass is 35.5. The summed E-state index contributed by atoms with van der Waals surface area (Å²) in [5.74, 6) is 2.91. The Hall–Kier alpha value is -1.03. The predicted octanol–water partition coefficient (Wildman–Crippen LogP) is 2.72. The maximum Gasteiger partial charge on any atom is 0.234 e. The Morgan fingerprint density at radius 3 is 2.72 bits per heavy atom. The molecule has 0 aliphatic carbocycles. The van der Waals surface area contributed by atoms with Crippen LogP contribution >= 0.6 is 11.6 Å². The summed E-state index contributed by atoms with van der Waals surface area (Å²) in [7, 11) is 0. The molecule has 100 valence electrons. The van der Waals surface area contributed by atoms with Crippen LogP contribution in [0.5, 0.6) is 5.88 Å². The van der Waals surface area contributed by atoms with Gasteiger partial charge in [-0.25, -0.2) is 0 Å². The summed E-state index contributed by atoms with van der Waals surface area (Å²) in [4.78, 5) is 10.9. The predicted molar refractivity (Wildman–Crippen MR) is 73.5 cm³/mol. The van der Waals surface area contributed by atoms with Crippen LogP contribution in [-0.4, -0.2) is 35.0 Å². The minimum Gasteiger partial charge on any atom is -0.474 e. The van der Waals surface area contributed by atoms with Gasteiger partial charge in [0.1, 0.15) is 0 Å². The second-order valence-electron chi connectivity index (χ2n) is 4.97. The molecule has 2 heterocycles. The smallest absolute Gasteiger partial charge is 0.234 e. The van der Waals surface area contributed by atoms with Crippen LogP contribution in [0.15, 0.2) is 12.4 Å². The van der Waals surface area contributed by atoms with E-state index in [2.05, 4.69) is 14.9 Å². The van der Waals surface area contributed by atoms with E-state index in [-0.39, 0.29) is 6.10 Å². The van der Waals surface area contributed by atoms with E-state index in [1.165, 1.54) is 0 Å². The van der Waals surface area contributed by atoms with Gasteiger partial charge in [0.25, 0.3) is 0 Å². The van der Waals surface area contributed by atoms with Gasteiger partial charge in [-0.2, -0.15) is 4.98 Å². The highest BCUT2D eigenvalue weighted by molar-refractivity contribution is 6.18. The lowest BCUT2D eigenvalue weighted by molar-refractivity contribution is 0.231. The van der Waals surface area contributed by atoms with Crippen LogP contribution in [0.2, 0.25) is 0 Å². The molecule has 18 heavy (non-hydrogen) atoms. The average molecular weight is 270 g/mol. The fourth-order valence-electron chi connectivity index (χ4n) is 2.11. The summed E-state index contributed by atoms with van der Waals surface area (Å²) in [5, 5.41) is 0. The van der Waals surface area contributed by atoms with Gasteiger partial charge in [-0.1, -0.05) is 0 Å². The highest BCUT2D eigenvalue weighted by Gasteiger charge is 2.19. The van der Waals surface area contributed by atoms with Crippen molar-refractivity contribution in [3.05, 3.63) is 12.4 Å². The third kappa shape index (κ3) is 3.48. The number of hydrogen-bond acceptors (Lipinski definition) is 4.